The number of piperazine rings is 1. The Morgan fingerprint density at radius 1 is 1.50 bits per heavy atom. The molecule has 0 radical (unpaired) electrons. The quantitative estimate of drug-likeness (QED) is 0.876. The third kappa shape index (κ3) is 2.84. The Morgan fingerprint density at radius 3 is 2.78 bits per heavy atom. The first-order valence-corrected chi connectivity index (χ1v) is 7.62. The van der Waals surface area contributed by atoms with Gasteiger partial charge in [0.05, 0.1) is 0 Å². The Bertz CT molecular complexity index is 435. The molecule has 1 saturated heterocycles. The zero-order valence-corrected chi connectivity index (χ0v) is 12.3. The highest BCUT2D eigenvalue weighted by atomic mass is 32.1. The second kappa shape index (κ2) is 5.55. The Hall–Kier alpha value is -0.650. The largest absolute Gasteiger partial charge is 0.315 e. The molecule has 18 heavy (non-hydrogen) atoms. The zero-order valence-electron chi connectivity index (χ0n) is 11.5. The van der Waals surface area contributed by atoms with Crippen LogP contribution in [-0.4, -0.2) is 34.6 Å². The second-order valence-corrected chi connectivity index (χ2v) is 6.14. The van der Waals surface area contributed by atoms with E-state index in [4.69, 9.17) is 0 Å². The van der Waals surface area contributed by atoms with Gasteiger partial charge in [0.15, 0.2) is 0 Å². The molecule has 2 heterocycles. The van der Waals surface area contributed by atoms with Crippen LogP contribution in [0.25, 0.3) is 0 Å². The summed E-state index contributed by atoms with van der Waals surface area (Å²) < 4.78 is 0. The molecule has 5 heteroatoms. The van der Waals surface area contributed by atoms with Crippen LogP contribution in [0.3, 0.4) is 0 Å². The molecular formula is C13H23N3OS. The first-order chi connectivity index (χ1) is 8.58. The van der Waals surface area contributed by atoms with Crippen molar-refractivity contribution in [3.8, 4) is 0 Å². The molecule has 102 valence electrons. The lowest BCUT2D eigenvalue weighted by atomic mass is 9.88. The maximum Gasteiger partial charge on any atom is 0.304 e. The molecule has 1 aromatic heterocycles. The van der Waals surface area contributed by atoms with E-state index in [-0.39, 0.29) is 10.4 Å². The van der Waals surface area contributed by atoms with E-state index in [1.165, 1.54) is 11.3 Å². The van der Waals surface area contributed by atoms with Crippen molar-refractivity contribution in [3.05, 3.63) is 20.7 Å². The standard InChI is InChI=1S/C13H23N3OS/c1-4-13(5-2)9-16(10(3)6-14-13)7-11-8-18-12(17)15-11/h8,10,14H,4-7,9H2,1-3H3,(H,15,17). The monoisotopic (exact) mass is 269 g/mol. The van der Waals surface area contributed by atoms with Crippen LogP contribution in [-0.2, 0) is 6.54 Å². The number of hydrogen-bond donors (Lipinski definition) is 2. The average molecular weight is 269 g/mol. The maximum atomic E-state index is 11.2. The van der Waals surface area contributed by atoms with Crippen molar-refractivity contribution < 1.29 is 0 Å². The average Bonchev–Trinajstić information content (AvgIpc) is 2.78. The highest BCUT2D eigenvalue weighted by molar-refractivity contribution is 7.07. The van der Waals surface area contributed by atoms with Gasteiger partial charge in [-0.2, -0.15) is 0 Å². The van der Waals surface area contributed by atoms with Gasteiger partial charge in [0.25, 0.3) is 0 Å². The van der Waals surface area contributed by atoms with E-state index in [1.54, 1.807) is 0 Å². The molecule has 0 amide bonds. The zero-order chi connectivity index (χ0) is 13.2. The minimum Gasteiger partial charge on any atom is -0.315 e. The van der Waals surface area contributed by atoms with E-state index in [9.17, 15) is 4.79 Å². The molecule has 1 atom stereocenters. The Kier molecular flexibility index (Phi) is 4.25. The molecule has 2 rings (SSSR count). The summed E-state index contributed by atoms with van der Waals surface area (Å²) in [6, 6.07) is 0.514. The lowest BCUT2D eigenvalue weighted by molar-refractivity contribution is 0.0737. The van der Waals surface area contributed by atoms with Gasteiger partial charge in [0, 0.05) is 42.3 Å². The molecule has 4 nitrogen and oxygen atoms in total. The van der Waals surface area contributed by atoms with Crippen molar-refractivity contribution >= 4 is 11.3 Å². The van der Waals surface area contributed by atoms with Crippen LogP contribution in [0.2, 0.25) is 0 Å². The third-order valence-electron chi connectivity index (χ3n) is 4.20. The number of nitrogens with zero attached hydrogens (tertiary/aromatic N) is 1. The fraction of sp³-hybridized carbons (Fsp3) is 0.769. The van der Waals surface area contributed by atoms with Gasteiger partial charge in [-0.15, -0.1) is 0 Å². The summed E-state index contributed by atoms with van der Waals surface area (Å²) in [6.07, 6.45) is 2.29. The summed E-state index contributed by atoms with van der Waals surface area (Å²) in [5.74, 6) is 0. The van der Waals surface area contributed by atoms with Crippen molar-refractivity contribution in [1.82, 2.24) is 15.2 Å². The van der Waals surface area contributed by atoms with Crippen LogP contribution < -0.4 is 10.2 Å². The molecule has 1 aliphatic rings. The number of aromatic nitrogens is 1. The molecule has 0 aromatic carbocycles. The lowest BCUT2D eigenvalue weighted by Gasteiger charge is -2.46. The van der Waals surface area contributed by atoms with Gasteiger partial charge in [0.1, 0.15) is 0 Å². The molecule has 0 saturated carbocycles. The first-order valence-electron chi connectivity index (χ1n) is 6.74. The SMILES string of the molecule is CCC1(CC)CN(Cc2csc(=O)[nH]2)C(C)CN1. The van der Waals surface area contributed by atoms with Gasteiger partial charge in [-0.25, -0.2) is 0 Å². The molecule has 0 spiro atoms. The van der Waals surface area contributed by atoms with E-state index in [2.05, 4.69) is 36.0 Å². The first kappa shape index (κ1) is 13.8. The van der Waals surface area contributed by atoms with Crippen molar-refractivity contribution in [3.63, 3.8) is 0 Å². The van der Waals surface area contributed by atoms with Gasteiger partial charge in [-0.1, -0.05) is 25.2 Å². The topological polar surface area (TPSA) is 48.1 Å². The number of hydrogen-bond acceptors (Lipinski definition) is 4. The van der Waals surface area contributed by atoms with Crippen molar-refractivity contribution in [1.29, 1.82) is 0 Å². The van der Waals surface area contributed by atoms with Crippen LogP contribution in [0.4, 0.5) is 0 Å². The van der Waals surface area contributed by atoms with Gasteiger partial charge >= 0.3 is 4.87 Å². The summed E-state index contributed by atoms with van der Waals surface area (Å²) in [6.45, 7) is 9.67. The van der Waals surface area contributed by atoms with Gasteiger partial charge < -0.3 is 10.3 Å². The Morgan fingerprint density at radius 2 is 2.22 bits per heavy atom. The molecule has 1 aromatic rings. The number of nitrogens with one attached hydrogen (secondary N) is 2. The van der Waals surface area contributed by atoms with Gasteiger partial charge in [0.2, 0.25) is 0 Å². The summed E-state index contributed by atoms with van der Waals surface area (Å²) in [5.41, 5.74) is 1.28. The normalized spacial score (nSPS) is 24.3. The molecule has 1 unspecified atom stereocenters. The van der Waals surface area contributed by atoms with E-state index in [0.29, 0.717) is 6.04 Å². The highest BCUT2D eigenvalue weighted by Crippen LogP contribution is 2.23. The predicted molar refractivity (Wildman–Crippen MR) is 76.1 cm³/mol. The third-order valence-corrected chi connectivity index (χ3v) is 4.92. The van der Waals surface area contributed by atoms with Gasteiger partial charge in [-0.3, -0.25) is 9.69 Å². The molecule has 1 aliphatic heterocycles. The summed E-state index contributed by atoms with van der Waals surface area (Å²) >= 11 is 1.25. The number of rotatable bonds is 4. The number of aromatic amines is 1. The highest BCUT2D eigenvalue weighted by Gasteiger charge is 2.34. The maximum absolute atomic E-state index is 11.2. The van der Waals surface area contributed by atoms with E-state index in [0.717, 1.165) is 38.2 Å². The van der Waals surface area contributed by atoms with Crippen LogP contribution >= 0.6 is 11.3 Å². The molecule has 0 aliphatic carbocycles. The van der Waals surface area contributed by atoms with E-state index in [1.807, 2.05) is 5.38 Å². The van der Waals surface area contributed by atoms with Crippen molar-refractivity contribution in [2.75, 3.05) is 13.1 Å². The Labute approximate surface area is 112 Å². The fourth-order valence-corrected chi connectivity index (χ4v) is 3.21. The summed E-state index contributed by atoms with van der Waals surface area (Å²) in [4.78, 5) is 16.6. The predicted octanol–water partition coefficient (Wildman–Crippen LogP) is 1.79. The van der Waals surface area contributed by atoms with E-state index < -0.39 is 0 Å². The smallest absolute Gasteiger partial charge is 0.304 e. The van der Waals surface area contributed by atoms with Crippen LogP contribution in [0.15, 0.2) is 10.2 Å². The Balaban J connectivity index is 2.08. The summed E-state index contributed by atoms with van der Waals surface area (Å²) in [7, 11) is 0. The van der Waals surface area contributed by atoms with Crippen LogP contribution in [0.5, 0.6) is 0 Å². The van der Waals surface area contributed by atoms with Crippen molar-refractivity contribution in [2.45, 2.75) is 51.7 Å². The molecular weight excluding hydrogens is 246 g/mol. The molecule has 0 bridgehead atoms. The minimum atomic E-state index is 0.0463. The fourth-order valence-electron chi connectivity index (χ4n) is 2.64. The minimum absolute atomic E-state index is 0.0463. The number of H-pyrrole nitrogens is 1. The summed E-state index contributed by atoms with van der Waals surface area (Å²) in [5, 5.41) is 5.63. The van der Waals surface area contributed by atoms with E-state index >= 15 is 0 Å². The second-order valence-electron chi connectivity index (χ2n) is 5.30. The van der Waals surface area contributed by atoms with Gasteiger partial charge in [-0.05, 0) is 19.8 Å². The van der Waals surface area contributed by atoms with Crippen LogP contribution in [0, 0.1) is 0 Å². The molecule has 1 fully saturated rings. The molecule has 2 N–H and O–H groups in total. The van der Waals surface area contributed by atoms with Crippen LogP contribution in [0.1, 0.15) is 39.3 Å². The lowest BCUT2D eigenvalue weighted by Crippen LogP contribution is -2.62. The van der Waals surface area contributed by atoms with Crippen molar-refractivity contribution in [2.24, 2.45) is 0 Å². The number of thiazole rings is 1.